The molecule has 0 saturated heterocycles. The minimum absolute atomic E-state index is 0.422. The molecule has 0 aliphatic rings. The first-order valence-corrected chi connectivity index (χ1v) is 4.83. The van der Waals surface area contributed by atoms with Gasteiger partial charge in [-0.2, -0.15) is 0 Å². The quantitative estimate of drug-likeness (QED) is 0.727. The van der Waals surface area contributed by atoms with Gasteiger partial charge in [0.1, 0.15) is 17.1 Å². The molecule has 4 nitrogen and oxygen atoms in total. The second-order valence-corrected chi connectivity index (χ2v) is 3.40. The van der Waals surface area contributed by atoms with Gasteiger partial charge in [0, 0.05) is 5.56 Å². The van der Waals surface area contributed by atoms with E-state index >= 15 is 0 Å². The SMILES string of the molecule is COc1ccc2oc(=O)cc(OC)c2c1C. The highest BCUT2D eigenvalue weighted by Crippen LogP contribution is 2.32. The zero-order chi connectivity index (χ0) is 11.7. The highest BCUT2D eigenvalue weighted by atomic mass is 16.5. The normalized spacial score (nSPS) is 10.4. The maximum atomic E-state index is 11.3. The molecular weight excluding hydrogens is 208 g/mol. The van der Waals surface area contributed by atoms with E-state index in [1.54, 1.807) is 19.2 Å². The number of aryl methyl sites for hydroxylation is 1. The van der Waals surface area contributed by atoms with Gasteiger partial charge in [-0.15, -0.1) is 0 Å². The second-order valence-electron chi connectivity index (χ2n) is 3.40. The van der Waals surface area contributed by atoms with Gasteiger partial charge in [0.05, 0.1) is 25.7 Å². The fraction of sp³-hybridized carbons (Fsp3) is 0.250. The number of ether oxygens (including phenoxy) is 2. The van der Waals surface area contributed by atoms with Gasteiger partial charge in [-0.25, -0.2) is 4.79 Å². The Bertz CT molecular complexity index is 583. The first kappa shape index (κ1) is 10.5. The Hall–Kier alpha value is -1.97. The van der Waals surface area contributed by atoms with E-state index in [1.807, 2.05) is 6.92 Å². The Morgan fingerprint density at radius 1 is 1.12 bits per heavy atom. The molecule has 0 unspecified atom stereocenters. The van der Waals surface area contributed by atoms with Gasteiger partial charge < -0.3 is 13.9 Å². The molecule has 0 amide bonds. The summed E-state index contributed by atoms with van der Waals surface area (Å²) < 4.78 is 15.5. The zero-order valence-corrected chi connectivity index (χ0v) is 9.37. The van der Waals surface area contributed by atoms with Crippen LogP contribution in [0, 0.1) is 6.92 Å². The molecule has 0 fully saturated rings. The van der Waals surface area contributed by atoms with Crippen molar-refractivity contribution in [3.05, 3.63) is 34.2 Å². The number of benzene rings is 1. The summed E-state index contributed by atoms with van der Waals surface area (Å²) in [4.78, 5) is 11.3. The summed E-state index contributed by atoms with van der Waals surface area (Å²) in [5.41, 5.74) is 0.970. The van der Waals surface area contributed by atoms with Crippen LogP contribution in [0.3, 0.4) is 0 Å². The molecule has 16 heavy (non-hydrogen) atoms. The van der Waals surface area contributed by atoms with Crippen LogP contribution in [0.2, 0.25) is 0 Å². The van der Waals surface area contributed by atoms with Crippen LogP contribution >= 0.6 is 0 Å². The van der Waals surface area contributed by atoms with Crippen LogP contribution in [0.1, 0.15) is 5.56 Å². The Labute approximate surface area is 92.4 Å². The molecule has 1 aromatic heterocycles. The maximum Gasteiger partial charge on any atom is 0.339 e. The molecule has 0 atom stereocenters. The molecule has 0 radical (unpaired) electrons. The number of hydrogen-bond acceptors (Lipinski definition) is 4. The van der Waals surface area contributed by atoms with Gasteiger partial charge in [0.15, 0.2) is 0 Å². The molecule has 2 aromatic rings. The smallest absolute Gasteiger partial charge is 0.339 e. The van der Waals surface area contributed by atoms with Gasteiger partial charge in [0.25, 0.3) is 0 Å². The topological polar surface area (TPSA) is 48.7 Å². The molecule has 84 valence electrons. The molecule has 0 saturated carbocycles. The highest BCUT2D eigenvalue weighted by Gasteiger charge is 2.11. The summed E-state index contributed by atoms with van der Waals surface area (Å²) in [6.45, 7) is 1.89. The fourth-order valence-corrected chi connectivity index (χ4v) is 1.76. The summed E-state index contributed by atoms with van der Waals surface area (Å²) in [6, 6.07) is 4.79. The molecule has 1 heterocycles. The van der Waals surface area contributed by atoms with Crippen molar-refractivity contribution in [3.8, 4) is 11.5 Å². The minimum atomic E-state index is -0.422. The predicted molar refractivity (Wildman–Crippen MR) is 60.3 cm³/mol. The summed E-state index contributed by atoms with van der Waals surface area (Å²) in [7, 11) is 3.12. The van der Waals surface area contributed by atoms with Gasteiger partial charge in [0.2, 0.25) is 0 Å². The third kappa shape index (κ3) is 1.52. The van der Waals surface area contributed by atoms with E-state index in [-0.39, 0.29) is 0 Å². The van der Waals surface area contributed by atoms with Crippen LogP contribution in [-0.4, -0.2) is 14.2 Å². The zero-order valence-electron chi connectivity index (χ0n) is 9.37. The number of rotatable bonds is 2. The largest absolute Gasteiger partial charge is 0.496 e. The molecule has 0 N–H and O–H groups in total. The van der Waals surface area contributed by atoms with Crippen LogP contribution < -0.4 is 15.1 Å². The van der Waals surface area contributed by atoms with Crippen molar-refractivity contribution in [2.24, 2.45) is 0 Å². The Kier molecular flexibility index (Phi) is 2.56. The van der Waals surface area contributed by atoms with Gasteiger partial charge in [-0.3, -0.25) is 0 Å². The third-order valence-electron chi connectivity index (χ3n) is 2.52. The average Bonchev–Trinajstić information content (AvgIpc) is 2.28. The second kappa shape index (κ2) is 3.89. The van der Waals surface area contributed by atoms with Gasteiger partial charge >= 0.3 is 5.63 Å². The lowest BCUT2D eigenvalue weighted by Gasteiger charge is -2.09. The van der Waals surface area contributed by atoms with E-state index in [0.717, 1.165) is 16.7 Å². The van der Waals surface area contributed by atoms with E-state index in [1.165, 1.54) is 13.2 Å². The first-order valence-electron chi connectivity index (χ1n) is 4.83. The van der Waals surface area contributed by atoms with Crippen molar-refractivity contribution in [2.45, 2.75) is 6.92 Å². The van der Waals surface area contributed by atoms with E-state index < -0.39 is 5.63 Å². The predicted octanol–water partition coefficient (Wildman–Crippen LogP) is 2.12. The van der Waals surface area contributed by atoms with Crippen LogP contribution in [0.15, 0.2) is 27.4 Å². The van der Waals surface area contributed by atoms with Crippen LogP contribution in [-0.2, 0) is 0 Å². The standard InChI is InChI=1S/C12H12O4/c1-7-8(14-2)4-5-9-12(7)10(15-3)6-11(13)16-9/h4-6H,1-3H3. The number of fused-ring (bicyclic) bond motifs is 1. The summed E-state index contributed by atoms with van der Waals surface area (Å²) in [5.74, 6) is 1.24. The van der Waals surface area contributed by atoms with Gasteiger partial charge in [-0.1, -0.05) is 0 Å². The number of methoxy groups -OCH3 is 2. The molecule has 4 heteroatoms. The van der Waals surface area contributed by atoms with Crippen molar-refractivity contribution in [1.82, 2.24) is 0 Å². The van der Waals surface area contributed by atoms with Crippen LogP contribution in [0.25, 0.3) is 11.0 Å². The van der Waals surface area contributed by atoms with E-state index in [0.29, 0.717) is 11.3 Å². The molecule has 0 aliphatic heterocycles. The lowest BCUT2D eigenvalue weighted by atomic mass is 10.1. The van der Waals surface area contributed by atoms with Crippen LogP contribution in [0.5, 0.6) is 11.5 Å². The summed E-state index contributed by atoms with van der Waals surface area (Å²) >= 11 is 0. The Morgan fingerprint density at radius 2 is 1.81 bits per heavy atom. The monoisotopic (exact) mass is 220 g/mol. The minimum Gasteiger partial charge on any atom is -0.496 e. The maximum absolute atomic E-state index is 11.3. The van der Waals surface area contributed by atoms with Crippen molar-refractivity contribution < 1.29 is 13.9 Å². The molecule has 2 rings (SSSR count). The van der Waals surface area contributed by atoms with Crippen molar-refractivity contribution in [2.75, 3.05) is 14.2 Å². The third-order valence-corrected chi connectivity index (χ3v) is 2.52. The lowest BCUT2D eigenvalue weighted by Crippen LogP contribution is -2.00. The summed E-state index contributed by atoms with van der Waals surface area (Å²) in [5, 5.41) is 0.765. The Balaban J connectivity index is 2.90. The fourth-order valence-electron chi connectivity index (χ4n) is 1.76. The average molecular weight is 220 g/mol. The summed E-state index contributed by atoms with van der Waals surface area (Å²) in [6.07, 6.45) is 0. The first-order chi connectivity index (χ1) is 7.67. The van der Waals surface area contributed by atoms with E-state index in [9.17, 15) is 4.79 Å². The molecule has 0 aliphatic carbocycles. The molecule has 0 spiro atoms. The highest BCUT2D eigenvalue weighted by molar-refractivity contribution is 5.88. The molecule has 1 aromatic carbocycles. The van der Waals surface area contributed by atoms with Crippen molar-refractivity contribution in [1.29, 1.82) is 0 Å². The molecule has 0 bridgehead atoms. The van der Waals surface area contributed by atoms with Crippen LogP contribution in [0.4, 0.5) is 0 Å². The van der Waals surface area contributed by atoms with Crippen molar-refractivity contribution >= 4 is 11.0 Å². The molecular formula is C12H12O4. The number of hydrogen-bond donors (Lipinski definition) is 0. The Morgan fingerprint density at radius 3 is 2.44 bits per heavy atom. The van der Waals surface area contributed by atoms with E-state index in [2.05, 4.69) is 0 Å². The van der Waals surface area contributed by atoms with Crippen molar-refractivity contribution in [3.63, 3.8) is 0 Å². The van der Waals surface area contributed by atoms with Gasteiger partial charge in [-0.05, 0) is 19.1 Å². The van der Waals surface area contributed by atoms with E-state index in [4.69, 9.17) is 13.9 Å². The lowest BCUT2D eigenvalue weighted by molar-refractivity contribution is 0.405.